The molecule has 0 spiro atoms. The molecule has 1 aromatic carbocycles. The maximum absolute atomic E-state index is 13.6. The zero-order chi connectivity index (χ0) is 13.8. The smallest absolute Gasteiger partial charge is 0.235 e. The van der Waals surface area contributed by atoms with Crippen LogP contribution in [0.25, 0.3) is 0 Å². The fourth-order valence-corrected chi connectivity index (χ4v) is 1.80. The molecular formula is C12H15FN2O2S. The Morgan fingerprint density at radius 1 is 1.44 bits per heavy atom. The second kappa shape index (κ2) is 5.85. The SMILES string of the molecule is CC(C)S(=O)(=O)Nc1ccc(C#CCN)c(F)c1. The van der Waals surface area contributed by atoms with Crippen molar-refractivity contribution < 1.29 is 12.8 Å². The van der Waals surface area contributed by atoms with Crippen molar-refractivity contribution >= 4 is 15.7 Å². The number of benzene rings is 1. The van der Waals surface area contributed by atoms with Crippen LogP contribution in [0.3, 0.4) is 0 Å². The van der Waals surface area contributed by atoms with Crippen LogP contribution in [0.2, 0.25) is 0 Å². The van der Waals surface area contributed by atoms with E-state index in [1.165, 1.54) is 12.1 Å². The van der Waals surface area contributed by atoms with E-state index < -0.39 is 21.1 Å². The molecule has 1 rings (SSSR count). The molecule has 0 atom stereocenters. The molecule has 0 fully saturated rings. The highest BCUT2D eigenvalue weighted by atomic mass is 32.2. The Bertz CT molecular complexity index is 586. The number of anilines is 1. The number of sulfonamides is 1. The van der Waals surface area contributed by atoms with Crippen LogP contribution in [0, 0.1) is 17.7 Å². The largest absolute Gasteiger partial charge is 0.320 e. The van der Waals surface area contributed by atoms with Crippen molar-refractivity contribution in [1.29, 1.82) is 0 Å². The third kappa shape index (κ3) is 3.72. The van der Waals surface area contributed by atoms with E-state index in [2.05, 4.69) is 16.6 Å². The maximum Gasteiger partial charge on any atom is 0.235 e. The molecule has 0 saturated carbocycles. The van der Waals surface area contributed by atoms with E-state index in [9.17, 15) is 12.8 Å². The lowest BCUT2D eigenvalue weighted by Crippen LogP contribution is -2.22. The minimum absolute atomic E-state index is 0.140. The van der Waals surface area contributed by atoms with Gasteiger partial charge in [-0.3, -0.25) is 4.72 Å². The minimum atomic E-state index is -3.47. The summed E-state index contributed by atoms with van der Waals surface area (Å²) >= 11 is 0. The van der Waals surface area contributed by atoms with Crippen molar-refractivity contribution in [2.45, 2.75) is 19.1 Å². The summed E-state index contributed by atoms with van der Waals surface area (Å²) in [4.78, 5) is 0. The minimum Gasteiger partial charge on any atom is -0.320 e. The summed E-state index contributed by atoms with van der Waals surface area (Å²) in [5, 5.41) is -0.586. The Morgan fingerprint density at radius 3 is 2.61 bits per heavy atom. The fraction of sp³-hybridized carbons (Fsp3) is 0.333. The van der Waals surface area contributed by atoms with Gasteiger partial charge < -0.3 is 5.73 Å². The predicted octanol–water partition coefficient (Wildman–Crippen LogP) is 1.29. The molecule has 0 bridgehead atoms. The van der Waals surface area contributed by atoms with E-state index in [4.69, 9.17) is 5.73 Å². The Morgan fingerprint density at radius 2 is 2.11 bits per heavy atom. The molecule has 1 aromatic rings. The molecule has 18 heavy (non-hydrogen) atoms. The summed E-state index contributed by atoms with van der Waals surface area (Å²) in [6.45, 7) is 3.22. The van der Waals surface area contributed by atoms with E-state index in [-0.39, 0.29) is 17.8 Å². The van der Waals surface area contributed by atoms with Crippen molar-refractivity contribution in [3.63, 3.8) is 0 Å². The standard InChI is InChI=1S/C12H15FN2O2S/c1-9(2)18(16,17)15-11-6-5-10(4-3-7-14)12(13)8-11/h5-6,8-9,15H,7,14H2,1-2H3. The van der Waals surface area contributed by atoms with Crippen LogP contribution in [-0.2, 0) is 10.0 Å². The van der Waals surface area contributed by atoms with Gasteiger partial charge in [0.25, 0.3) is 0 Å². The van der Waals surface area contributed by atoms with Gasteiger partial charge in [0.15, 0.2) is 0 Å². The highest BCUT2D eigenvalue weighted by Crippen LogP contribution is 2.16. The van der Waals surface area contributed by atoms with Gasteiger partial charge in [-0.1, -0.05) is 11.8 Å². The van der Waals surface area contributed by atoms with E-state index in [0.717, 1.165) is 6.07 Å². The van der Waals surface area contributed by atoms with Crippen LogP contribution in [0.15, 0.2) is 18.2 Å². The van der Waals surface area contributed by atoms with Crippen LogP contribution >= 0.6 is 0 Å². The molecule has 0 aliphatic rings. The molecule has 98 valence electrons. The van der Waals surface area contributed by atoms with Crippen LogP contribution in [0.5, 0.6) is 0 Å². The highest BCUT2D eigenvalue weighted by molar-refractivity contribution is 7.93. The molecule has 6 heteroatoms. The molecule has 0 heterocycles. The molecular weight excluding hydrogens is 255 g/mol. The summed E-state index contributed by atoms with van der Waals surface area (Å²) < 4.78 is 39.1. The average Bonchev–Trinajstić information content (AvgIpc) is 2.27. The second-order valence-electron chi connectivity index (χ2n) is 3.90. The Labute approximate surface area is 106 Å². The first-order valence-electron chi connectivity index (χ1n) is 5.37. The zero-order valence-corrected chi connectivity index (χ0v) is 11.0. The second-order valence-corrected chi connectivity index (χ2v) is 6.13. The molecule has 0 saturated heterocycles. The first-order valence-corrected chi connectivity index (χ1v) is 6.91. The lowest BCUT2D eigenvalue weighted by Gasteiger charge is -2.10. The molecule has 0 amide bonds. The molecule has 0 aliphatic heterocycles. The average molecular weight is 270 g/mol. The van der Waals surface area contributed by atoms with Crippen molar-refractivity contribution in [2.24, 2.45) is 5.73 Å². The summed E-state index contributed by atoms with van der Waals surface area (Å²) in [5.41, 5.74) is 5.55. The van der Waals surface area contributed by atoms with E-state index in [1.54, 1.807) is 13.8 Å². The molecule has 0 unspecified atom stereocenters. The van der Waals surface area contributed by atoms with Crippen LogP contribution < -0.4 is 10.5 Å². The van der Waals surface area contributed by atoms with Crippen molar-refractivity contribution in [1.82, 2.24) is 0 Å². The number of nitrogens with one attached hydrogen (secondary N) is 1. The van der Waals surface area contributed by atoms with Gasteiger partial charge in [0.2, 0.25) is 10.0 Å². The summed E-state index contributed by atoms with van der Waals surface area (Å²) in [6, 6.07) is 3.97. The van der Waals surface area contributed by atoms with Crippen molar-refractivity contribution in [2.75, 3.05) is 11.3 Å². The first kappa shape index (κ1) is 14.5. The number of halogens is 1. The maximum atomic E-state index is 13.6. The van der Waals surface area contributed by atoms with Gasteiger partial charge in [-0.15, -0.1) is 0 Å². The van der Waals surface area contributed by atoms with Gasteiger partial charge in [0.05, 0.1) is 23.0 Å². The lowest BCUT2D eigenvalue weighted by molar-refractivity contribution is 0.592. The van der Waals surface area contributed by atoms with Crippen LogP contribution in [0.4, 0.5) is 10.1 Å². The Kier molecular flexibility index (Phi) is 4.70. The number of nitrogens with two attached hydrogens (primary N) is 1. The molecule has 0 radical (unpaired) electrons. The van der Waals surface area contributed by atoms with E-state index in [1.807, 2.05) is 0 Å². The molecule has 0 aliphatic carbocycles. The van der Waals surface area contributed by atoms with Gasteiger partial charge in [0, 0.05) is 0 Å². The Balaban J connectivity index is 2.99. The third-order valence-corrected chi connectivity index (χ3v) is 3.94. The van der Waals surface area contributed by atoms with Gasteiger partial charge in [-0.2, -0.15) is 0 Å². The summed E-state index contributed by atoms with van der Waals surface area (Å²) in [6.07, 6.45) is 0. The van der Waals surface area contributed by atoms with Gasteiger partial charge in [0.1, 0.15) is 5.82 Å². The van der Waals surface area contributed by atoms with E-state index >= 15 is 0 Å². The molecule has 4 nitrogen and oxygen atoms in total. The monoisotopic (exact) mass is 270 g/mol. The summed E-state index contributed by atoms with van der Waals surface area (Å²) in [7, 11) is -3.47. The lowest BCUT2D eigenvalue weighted by atomic mass is 10.2. The van der Waals surface area contributed by atoms with Gasteiger partial charge >= 0.3 is 0 Å². The van der Waals surface area contributed by atoms with Crippen LogP contribution in [0.1, 0.15) is 19.4 Å². The highest BCUT2D eigenvalue weighted by Gasteiger charge is 2.16. The topological polar surface area (TPSA) is 72.2 Å². The zero-order valence-electron chi connectivity index (χ0n) is 10.2. The normalized spacial score (nSPS) is 10.9. The van der Waals surface area contributed by atoms with Crippen molar-refractivity contribution in [3.8, 4) is 11.8 Å². The quantitative estimate of drug-likeness (QED) is 0.813. The predicted molar refractivity (Wildman–Crippen MR) is 70.0 cm³/mol. The van der Waals surface area contributed by atoms with Gasteiger partial charge in [-0.25, -0.2) is 12.8 Å². The van der Waals surface area contributed by atoms with Crippen LogP contribution in [-0.4, -0.2) is 20.2 Å². The number of rotatable bonds is 3. The fourth-order valence-electron chi connectivity index (χ4n) is 1.11. The van der Waals surface area contributed by atoms with Crippen molar-refractivity contribution in [3.05, 3.63) is 29.6 Å². The summed E-state index contributed by atoms with van der Waals surface area (Å²) in [5.74, 6) is 4.51. The van der Waals surface area contributed by atoms with Gasteiger partial charge in [-0.05, 0) is 32.0 Å². The Hall–Kier alpha value is -1.58. The molecule has 3 N–H and O–H groups in total. The third-order valence-electron chi connectivity index (χ3n) is 2.17. The first-order chi connectivity index (χ1) is 8.36. The molecule has 0 aromatic heterocycles. The number of hydrogen-bond acceptors (Lipinski definition) is 3. The number of hydrogen-bond donors (Lipinski definition) is 2. The van der Waals surface area contributed by atoms with E-state index in [0.29, 0.717) is 0 Å².